The first-order valence-corrected chi connectivity index (χ1v) is 9.85. The van der Waals surface area contributed by atoms with E-state index in [0.29, 0.717) is 25.1 Å². The van der Waals surface area contributed by atoms with Crippen molar-refractivity contribution in [2.45, 2.75) is 32.0 Å². The van der Waals surface area contributed by atoms with Gasteiger partial charge in [-0.3, -0.25) is 14.7 Å². The molecule has 0 radical (unpaired) electrons. The van der Waals surface area contributed by atoms with Gasteiger partial charge >= 0.3 is 0 Å². The first-order chi connectivity index (χ1) is 14.1. The summed E-state index contributed by atoms with van der Waals surface area (Å²) in [5, 5.41) is 13.4. The molecule has 1 aromatic carbocycles. The first-order valence-electron chi connectivity index (χ1n) is 9.85. The summed E-state index contributed by atoms with van der Waals surface area (Å²) in [6.07, 6.45) is 3.21. The molecule has 1 fully saturated rings. The van der Waals surface area contributed by atoms with Gasteiger partial charge in [-0.15, -0.1) is 0 Å². The summed E-state index contributed by atoms with van der Waals surface area (Å²) >= 11 is 0. The molecule has 0 bridgehead atoms. The highest BCUT2D eigenvalue weighted by Gasteiger charge is 2.29. The molecule has 0 aliphatic carbocycles. The Balaban J connectivity index is 1.32. The Bertz CT molecular complexity index is 953. The zero-order valence-corrected chi connectivity index (χ0v) is 16.4. The lowest BCUT2D eigenvalue weighted by Gasteiger charge is -2.35. The fourth-order valence-corrected chi connectivity index (χ4v) is 3.61. The van der Waals surface area contributed by atoms with Gasteiger partial charge in [-0.25, -0.2) is 0 Å². The average molecular weight is 391 g/mol. The highest BCUT2D eigenvalue weighted by molar-refractivity contribution is 5.94. The van der Waals surface area contributed by atoms with E-state index in [1.165, 1.54) is 11.8 Å². The molecule has 2 aromatic heterocycles. The zero-order valence-electron chi connectivity index (χ0n) is 16.4. The van der Waals surface area contributed by atoms with Crippen LogP contribution in [0.25, 0.3) is 11.3 Å². The number of hydrogen-bond donors (Lipinski definition) is 2. The molecule has 6 nitrogen and oxygen atoms in total. The number of pyridine rings is 1. The Labute approximate surface area is 170 Å². The number of piperidine rings is 1. The molecular weight excluding hydrogens is 366 g/mol. The molecule has 6 heteroatoms. The first kappa shape index (κ1) is 19.4. The summed E-state index contributed by atoms with van der Waals surface area (Å²) in [6.45, 7) is 3.95. The fourth-order valence-electron chi connectivity index (χ4n) is 3.61. The lowest BCUT2D eigenvalue weighted by molar-refractivity contribution is 0.0327. The molecule has 4 rings (SSSR count). The SMILES string of the molecule is Cc1ccc(-c2ccc(CN3CC[C@@H](NC(=O)c4cccnc4)[C@H](O)C3)o2)cc1. The Morgan fingerprint density at radius 2 is 2.07 bits per heavy atom. The van der Waals surface area contributed by atoms with Crippen molar-refractivity contribution < 1.29 is 14.3 Å². The number of amides is 1. The molecule has 29 heavy (non-hydrogen) atoms. The summed E-state index contributed by atoms with van der Waals surface area (Å²) < 4.78 is 6.00. The third-order valence-electron chi connectivity index (χ3n) is 5.28. The van der Waals surface area contributed by atoms with Gasteiger partial charge in [0.15, 0.2) is 0 Å². The zero-order chi connectivity index (χ0) is 20.2. The fraction of sp³-hybridized carbons (Fsp3) is 0.304. The van der Waals surface area contributed by atoms with E-state index in [2.05, 4.69) is 46.4 Å². The maximum Gasteiger partial charge on any atom is 0.253 e. The van der Waals surface area contributed by atoms with Crippen molar-refractivity contribution in [1.82, 2.24) is 15.2 Å². The second kappa shape index (κ2) is 8.59. The van der Waals surface area contributed by atoms with Gasteiger partial charge in [-0.2, -0.15) is 0 Å². The number of furan rings is 1. The van der Waals surface area contributed by atoms with Crippen LogP contribution in [0.1, 0.15) is 28.1 Å². The van der Waals surface area contributed by atoms with E-state index >= 15 is 0 Å². The number of nitrogens with one attached hydrogen (secondary N) is 1. The van der Waals surface area contributed by atoms with E-state index in [1.54, 1.807) is 18.3 Å². The number of nitrogens with zero attached hydrogens (tertiary/aromatic N) is 2. The van der Waals surface area contributed by atoms with E-state index in [4.69, 9.17) is 4.42 Å². The number of aliphatic hydroxyl groups excluding tert-OH is 1. The van der Waals surface area contributed by atoms with Crippen molar-refractivity contribution in [1.29, 1.82) is 0 Å². The number of aryl methyl sites for hydroxylation is 1. The molecule has 0 saturated carbocycles. The molecule has 0 unspecified atom stereocenters. The van der Waals surface area contributed by atoms with Crippen LogP contribution in [0, 0.1) is 6.92 Å². The van der Waals surface area contributed by atoms with E-state index in [1.807, 2.05) is 12.1 Å². The van der Waals surface area contributed by atoms with Crippen LogP contribution in [0.15, 0.2) is 65.3 Å². The van der Waals surface area contributed by atoms with Gasteiger partial charge in [0.1, 0.15) is 11.5 Å². The molecule has 2 N–H and O–H groups in total. The summed E-state index contributed by atoms with van der Waals surface area (Å²) in [4.78, 5) is 18.4. The minimum absolute atomic E-state index is 0.204. The number of aromatic nitrogens is 1. The van der Waals surface area contributed by atoms with Gasteiger partial charge in [0.2, 0.25) is 0 Å². The van der Waals surface area contributed by atoms with Gasteiger partial charge in [0.25, 0.3) is 5.91 Å². The summed E-state index contributed by atoms with van der Waals surface area (Å²) in [5.74, 6) is 1.51. The Hall–Kier alpha value is -2.96. The third-order valence-corrected chi connectivity index (χ3v) is 5.28. The van der Waals surface area contributed by atoms with Crippen LogP contribution in [-0.2, 0) is 6.54 Å². The maximum absolute atomic E-state index is 12.3. The van der Waals surface area contributed by atoms with Crippen LogP contribution in [0.4, 0.5) is 0 Å². The number of carbonyl (C=O) groups excluding carboxylic acids is 1. The number of aliphatic hydroxyl groups is 1. The quantitative estimate of drug-likeness (QED) is 0.699. The number of rotatable bonds is 5. The highest BCUT2D eigenvalue weighted by atomic mass is 16.3. The van der Waals surface area contributed by atoms with Crippen LogP contribution in [0.2, 0.25) is 0 Å². The number of β-amino-alcohol motifs (C(OH)–C–C–N with tert-alkyl or cyclic N) is 1. The standard InChI is InChI=1S/C23H25N3O3/c1-16-4-6-17(7-5-16)22-9-8-19(29-22)14-26-12-10-20(21(27)15-26)25-23(28)18-3-2-11-24-13-18/h2-9,11,13,20-21,27H,10,12,14-15H2,1H3,(H,25,28)/t20-,21-/m1/s1. The summed E-state index contributed by atoms with van der Waals surface area (Å²) in [7, 11) is 0. The lowest BCUT2D eigenvalue weighted by Crippen LogP contribution is -2.53. The van der Waals surface area contributed by atoms with Crippen LogP contribution in [-0.4, -0.2) is 46.1 Å². The second-order valence-corrected chi connectivity index (χ2v) is 7.54. The minimum Gasteiger partial charge on any atom is -0.460 e. The number of hydrogen-bond acceptors (Lipinski definition) is 5. The third kappa shape index (κ3) is 4.72. The number of benzene rings is 1. The molecular formula is C23H25N3O3. The van der Waals surface area contributed by atoms with E-state index in [0.717, 1.165) is 23.6 Å². The average Bonchev–Trinajstić information content (AvgIpc) is 3.19. The van der Waals surface area contributed by atoms with E-state index in [-0.39, 0.29) is 11.9 Å². The van der Waals surface area contributed by atoms with Crippen molar-refractivity contribution >= 4 is 5.91 Å². The van der Waals surface area contributed by atoms with Gasteiger partial charge in [-0.1, -0.05) is 29.8 Å². The van der Waals surface area contributed by atoms with Crippen LogP contribution < -0.4 is 5.32 Å². The predicted molar refractivity (Wildman–Crippen MR) is 110 cm³/mol. The van der Waals surface area contributed by atoms with Crippen LogP contribution in [0.5, 0.6) is 0 Å². The molecule has 1 saturated heterocycles. The van der Waals surface area contributed by atoms with Crippen LogP contribution in [0.3, 0.4) is 0 Å². The van der Waals surface area contributed by atoms with Crippen molar-refractivity contribution in [3.05, 3.63) is 77.8 Å². The van der Waals surface area contributed by atoms with Crippen molar-refractivity contribution in [2.24, 2.45) is 0 Å². The van der Waals surface area contributed by atoms with E-state index < -0.39 is 6.10 Å². The minimum atomic E-state index is -0.629. The topological polar surface area (TPSA) is 78.6 Å². The smallest absolute Gasteiger partial charge is 0.253 e. The molecule has 150 valence electrons. The van der Waals surface area contributed by atoms with Gasteiger partial charge in [0.05, 0.1) is 24.3 Å². The summed E-state index contributed by atoms with van der Waals surface area (Å²) in [6, 6.07) is 15.4. The Morgan fingerprint density at radius 1 is 1.24 bits per heavy atom. The van der Waals surface area contributed by atoms with Gasteiger partial charge < -0.3 is 14.8 Å². The van der Waals surface area contributed by atoms with Crippen LogP contribution >= 0.6 is 0 Å². The largest absolute Gasteiger partial charge is 0.460 e. The summed E-state index contributed by atoms with van der Waals surface area (Å²) in [5.41, 5.74) is 2.77. The predicted octanol–water partition coefficient (Wildman–Crippen LogP) is 3.02. The maximum atomic E-state index is 12.3. The van der Waals surface area contributed by atoms with Crippen molar-refractivity contribution in [2.75, 3.05) is 13.1 Å². The van der Waals surface area contributed by atoms with Crippen molar-refractivity contribution in [3.8, 4) is 11.3 Å². The second-order valence-electron chi connectivity index (χ2n) is 7.54. The molecule has 3 aromatic rings. The molecule has 1 amide bonds. The molecule has 1 aliphatic heterocycles. The number of likely N-dealkylation sites (tertiary alicyclic amines) is 1. The van der Waals surface area contributed by atoms with Gasteiger partial charge in [0, 0.05) is 31.0 Å². The Kier molecular flexibility index (Phi) is 5.74. The molecule has 3 heterocycles. The molecule has 1 aliphatic rings. The van der Waals surface area contributed by atoms with E-state index in [9.17, 15) is 9.90 Å². The van der Waals surface area contributed by atoms with Gasteiger partial charge in [-0.05, 0) is 37.6 Å². The lowest BCUT2D eigenvalue weighted by atomic mass is 10.0. The molecule has 2 atom stereocenters. The Morgan fingerprint density at radius 3 is 2.79 bits per heavy atom. The normalized spacial score (nSPS) is 19.8. The monoisotopic (exact) mass is 391 g/mol. The molecule has 0 spiro atoms. The number of carbonyl (C=O) groups is 1. The van der Waals surface area contributed by atoms with Crippen molar-refractivity contribution in [3.63, 3.8) is 0 Å². The highest BCUT2D eigenvalue weighted by Crippen LogP contribution is 2.24.